The van der Waals surface area contributed by atoms with Gasteiger partial charge in [-0.25, -0.2) is 0 Å². The van der Waals surface area contributed by atoms with Crippen molar-refractivity contribution in [3.63, 3.8) is 0 Å². The zero-order valence-corrected chi connectivity index (χ0v) is 12.1. The Morgan fingerprint density at radius 2 is 2.19 bits per heavy atom. The number of nitrogens with zero attached hydrogens (tertiary/aromatic N) is 1. The summed E-state index contributed by atoms with van der Waals surface area (Å²) in [5.41, 5.74) is 3.42. The minimum Gasteiger partial charge on any atom is -0.378 e. The van der Waals surface area contributed by atoms with Crippen LogP contribution < -0.4 is 10.9 Å². The average molecular weight is 300 g/mol. The van der Waals surface area contributed by atoms with Gasteiger partial charge in [-0.1, -0.05) is 11.6 Å². The number of aromatic amines is 1. The summed E-state index contributed by atoms with van der Waals surface area (Å²) >= 11 is 6.06. The number of aryl methyl sites for hydroxylation is 1. The van der Waals surface area contributed by atoms with Crippen LogP contribution >= 0.6 is 11.6 Å². The highest BCUT2D eigenvalue weighted by atomic mass is 35.5. The lowest BCUT2D eigenvalue weighted by Gasteiger charge is -2.26. The Balaban J connectivity index is 1.89. The van der Waals surface area contributed by atoms with Gasteiger partial charge in [0.25, 0.3) is 0 Å². The van der Waals surface area contributed by atoms with Crippen molar-refractivity contribution in [2.75, 3.05) is 5.32 Å². The molecular formula is C16H14ClN3O. The molecule has 4 nitrogen and oxygen atoms in total. The van der Waals surface area contributed by atoms with Crippen LogP contribution in [-0.4, -0.2) is 4.98 Å². The van der Waals surface area contributed by atoms with E-state index < -0.39 is 0 Å². The number of halogens is 1. The first kappa shape index (κ1) is 13.7. The molecule has 0 radical (unpaired) electrons. The molecule has 21 heavy (non-hydrogen) atoms. The van der Waals surface area contributed by atoms with Crippen molar-refractivity contribution in [3.05, 3.63) is 62.5 Å². The van der Waals surface area contributed by atoms with E-state index in [-0.39, 0.29) is 11.6 Å². The Morgan fingerprint density at radius 1 is 1.33 bits per heavy atom. The number of benzene rings is 1. The van der Waals surface area contributed by atoms with Gasteiger partial charge in [0.15, 0.2) is 0 Å². The molecule has 106 valence electrons. The molecule has 1 aliphatic carbocycles. The lowest BCUT2D eigenvalue weighted by molar-refractivity contribution is 0.587. The quantitative estimate of drug-likeness (QED) is 0.893. The van der Waals surface area contributed by atoms with Crippen LogP contribution in [0.5, 0.6) is 0 Å². The Bertz CT molecular complexity index is 776. The fourth-order valence-corrected chi connectivity index (χ4v) is 2.97. The molecular weight excluding hydrogens is 286 g/mol. The van der Waals surface area contributed by atoms with Crippen LogP contribution in [0.2, 0.25) is 5.02 Å². The zero-order chi connectivity index (χ0) is 14.8. The van der Waals surface area contributed by atoms with Gasteiger partial charge in [-0.3, -0.25) is 4.79 Å². The van der Waals surface area contributed by atoms with E-state index in [1.807, 2.05) is 18.2 Å². The standard InChI is InChI=1S/C16H14ClN3O/c17-13-8-11(5-4-10(13)9-18)19-14-2-1-3-15-12(14)6-7-16(21)20-15/h4-8,14,19H,1-3H2,(H,20,21). The molecule has 1 unspecified atom stereocenters. The fourth-order valence-electron chi connectivity index (χ4n) is 2.75. The Labute approximate surface area is 127 Å². The van der Waals surface area contributed by atoms with Crippen molar-refractivity contribution in [2.45, 2.75) is 25.3 Å². The molecule has 0 spiro atoms. The van der Waals surface area contributed by atoms with Crippen LogP contribution in [-0.2, 0) is 6.42 Å². The Hall–Kier alpha value is -2.25. The molecule has 1 aromatic heterocycles. The van der Waals surface area contributed by atoms with Crippen molar-refractivity contribution >= 4 is 17.3 Å². The minimum absolute atomic E-state index is 0.0594. The summed E-state index contributed by atoms with van der Waals surface area (Å²) in [6.45, 7) is 0. The van der Waals surface area contributed by atoms with E-state index >= 15 is 0 Å². The van der Waals surface area contributed by atoms with E-state index in [0.717, 1.165) is 36.2 Å². The number of nitriles is 1. The topological polar surface area (TPSA) is 68.7 Å². The lowest BCUT2D eigenvalue weighted by atomic mass is 9.91. The number of nitrogens with one attached hydrogen (secondary N) is 2. The van der Waals surface area contributed by atoms with Gasteiger partial charge in [-0.2, -0.15) is 5.26 Å². The summed E-state index contributed by atoms with van der Waals surface area (Å²) in [4.78, 5) is 14.3. The van der Waals surface area contributed by atoms with Gasteiger partial charge in [-0.05, 0) is 49.1 Å². The summed E-state index contributed by atoms with van der Waals surface area (Å²) in [6, 6.07) is 11.0. The van der Waals surface area contributed by atoms with E-state index in [0.29, 0.717) is 10.6 Å². The molecule has 0 saturated carbocycles. The molecule has 0 fully saturated rings. The van der Waals surface area contributed by atoms with Crippen molar-refractivity contribution in [2.24, 2.45) is 0 Å². The highest BCUT2D eigenvalue weighted by Crippen LogP contribution is 2.31. The van der Waals surface area contributed by atoms with Crippen molar-refractivity contribution in [3.8, 4) is 6.07 Å². The molecule has 0 aliphatic heterocycles. The van der Waals surface area contributed by atoms with Crippen LogP contribution in [0, 0.1) is 11.3 Å². The second-order valence-electron chi connectivity index (χ2n) is 5.15. The highest BCUT2D eigenvalue weighted by Gasteiger charge is 2.20. The normalized spacial score (nSPS) is 16.9. The number of anilines is 1. The molecule has 0 bridgehead atoms. The predicted octanol–water partition coefficient (Wildman–Crippen LogP) is 3.39. The third-order valence-corrected chi connectivity index (χ3v) is 4.07. The number of pyridine rings is 1. The number of hydrogen-bond acceptors (Lipinski definition) is 3. The van der Waals surface area contributed by atoms with Crippen molar-refractivity contribution < 1.29 is 0 Å². The molecule has 1 aliphatic rings. The van der Waals surface area contributed by atoms with Crippen LogP contribution in [0.15, 0.2) is 35.1 Å². The molecule has 0 saturated heterocycles. The second-order valence-corrected chi connectivity index (χ2v) is 5.56. The predicted molar refractivity (Wildman–Crippen MR) is 82.5 cm³/mol. The molecule has 2 N–H and O–H groups in total. The fraction of sp³-hybridized carbons (Fsp3) is 0.250. The molecule has 1 heterocycles. The number of aromatic nitrogens is 1. The molecule has 2 aromatic rings. The SMILES string of the molecule is N#Cc1ccc(NC2CCCc3[nH]c(=O)ccc32)cc1Cl. The van der Waals surface area contributed by atoms with E-state index in [1.54, 1.807) is 18.2 Å². The average Bonchev–Trinajstić information content (AvgIpc) is 2.47. The van der Waals surface area contributed by atoms with Gasteiger partial charge in [0.1, 0.15) is 6.07 Å². The molecule has 0 amide bonds. The van der Waals surface area contributed by atoms with Gasteiger partial charge >= 0.3 is 0 Å². The first-order valence-corrected chi connectivity index (χ1v) is 7.23. The van der Waals surface area contributed by atoms with Crippen LogP contribution in [0.4, 0.5) is 5.69 Å². The van der Waals surface area contributed by atoms with E-state index in [2.05, 4.69) is 10.3 Å². The first-order chi connectivity index (χ1) is 10.2. The highest BCUT2D eigenvalue weighted by molar-refractivity contribution is 6.32. The molecule has 3 rings (SSSR count). The summed E-state index contributed by atoms with van der Waals surface area (Å²) < 4.78 is 0. The van der Waals surface area contributed by atoms with E-state index in [1.165, 1.54) is 0 Å². The molecule has 1 atom stereocenters. The Kier molecular flexibility index (Phi) is 3.68. The van der Waals surface area contributed by atoms with E-state index in [9.17, 15) is 4.79 Å². The zero-order valence-electron chi connectivity index (χ0n) is 11.3. The number of hydrogen-bond donors (Lipinski definition) is 2. The number of H-pyrrole nitrogens is 1. The van der Waals surface area contributed by atoms with Crippen molar-refractivity contribution in [1.82, 2.24) is 4.98 Å². The van der Waals surface area contributed by atoms with Gasteiger partial charge in [0.05, 0.1) is 16.6 Å². The number of fused-ring (bicyclic) bond motifs is 1. The molecule has 5 heteroatoms. The third kappa shape index (κ3) is 2.79. The summed E-state index contributed by atoms with van der Waals surface area (Å²) in [5.74, 6) is 0. The first-order valence-electron chi connectivity index (χ1n) is 6.85. The van der Waals surface area contributed by atoms with Gasteiger partial charge in [0, 0.05) is 17.4 Å². The van der Waals surface area contributed by atoms with Gasteiger partial charge in [-0.15, -0.1) is 0 Å². The van der Waals surface area contributed by atoms with Crippen LogP contribution in [0.25, 0.3) is 0 Å². The second kappa shape index (κ2) is 5.63. The lowest BCUT2D eigenvalue weighted by Crippen LogP contribution is -2.21. The molecule has 1 aromatic carbocycles. The maximum atomic E-state index is 11.4. The van der Waals surface area contributed by atoms with Gasteiger partial charge in [0.2, 0.25) is 5.56 Å². The minimum atomic E-state index is -0.0594. The monoisotopic (exact) mass is 299 g/mol. The summed E-state index contributed by atoms with van der Waals surface area (Å²) in [5, 5.41) is 12.8. The van der Waals surface area contributed by atoms with E-state index in [4.69, 9.17) is 16.9 Å². The number of rotatable bonds is 2. The smallest absolute Gasteiger partial charge is 0.248 e. The third-order valence-electron chi connectivity index (χ3n) is 3.76. The summed E-state index contributed by atoms with van der Waals surface area (Å²) in [7, 11) is 0. The Morgan fingerprint density at radius 3 is 2.95 bits per heavy atom. The maximum Gasteiger partial charge on any atom is 0.248 e. The summed E-state index contributed by atoms with van der Waals surface area (Å²) in [6.07, 6.45) is 2.92. The van der Waals surface area contributed by atoms with Crippen LogP contribution in [0.1, 0.15) is 35.7 Å². The van der Waals surface area contributed by atoms with Gasteiger partial charge < -0.3 is 10.3 Å². The maximum absolute atomic E-state index is 11.4. The van der Waals surface area contributed by atoms with Crippen LogP contribution in [0.3, 0.4) is 0 Å². The largest absolute Gasteiger partial charge is 0.378 e. The van der Waals surface area contributed by atoms with Crippen molar-refractivity contribution in [1.29, 1.82) is 5.26 Å².